The van der Waals surface area contributed by atoms with E-state index in [-0.39, 0.29) is 23.0 Å². The van der Waals surface area contributed by atoms with Crippen LogP contribution in [0.3, 0.4) is 0 Å². The van der Waals surface area contributed by atoms with Crippen LogP contribution in [-0.4, -0.2) is 28.3 Å². The van der Waals surface area contributed by atoms with E-state index >= 15 is 0 Å². The average Bonchev–Trinajstić information content (AvgIpc) is 2.86. The zero-order valence-electron chi connectivity index (χ0n) is 18.6. The molecule has 0 saturated heterocycles. The molecule has 0 radical (unpaired) electrons. The van der Waals surface area contributed by atoms with Crippen LogP contribution in [0.15, 0.2) is 78.1 Å². The molecular formula is C26H22Cl2N4O2S. The minimum atomic E-state index is -0.410. The first-order valence-electron chi connectivity index (χ1n) is 11.0. The van der Waals surface area contributed by atoms with Crippen molar-refractivity contribution in [2.24, 2.45) is 0 Å². The van der Waals surface area contributed by atoms with Gasteiger partial charge < -0.3 is 10.6 Å². The van der Waals surface area contributed by atoms with Crippen LogP contribution in [0.25, 0.3) is 10.8 Å². The minimum Gasteiger partial charge on any atom is -0.351 e. The number of carbonyl (C=O) groups excluding carboxylic acids is 2. The number of benzene rings is 3. The number of thioether (sulfide) groups is 1. The summed E-state index contributed by atoms with van der Waals surface area (Å²) in [5.74, 6) is 0.0362. The fraction of sp³-hybridized carbons (Fsp3) is 0.154. The summed E-state index contributed by atoms with van der Waals surface area (Å²) in [7, 11) is 0. The van der Waals surface area contributed by atoms with E-state index in [4.69, 9.17) is 23.2 Å². The SMILES string of the molecule is O=C(CCCNC(=O)c1nc(SCc2ccccc2Cl)ncc1Cl)Nc1ccc2ccccc2c1. The number of fused-ring (bicyclic) bond motifs is 1. The van der Waals surface area contributed by atoms with Crippen LogP contribution in [-0.2, 0) is 10.5 Å². The van der Waals surface area contributed by atoms with Crippen molar-refractivity contribution in [3.63, 3.8) is 0 Å². The number of amides is 2. The van der Waals surface area contributed by atoms with E-state index in [1.807, 2.05) is 66.7 Å². The highest BCUT2D eigenvalue weighted by Gasteiger charge is 2.15. The summed E-state index contributed by atoms with van der Waals surface area (Å²) < 4.78 is 0. The van der Waals surface area contributed by atoms with Gasteiger partial charge in [-0.25, -0.2) is 9.97 Å². The lowest BCUT2D eigenvalue weighted by atomic mass is 10.1. The van der Waals surface area contributed by atoms with Gasteiger partial charge in [0.25, 0.3) is 5.91 Å². The molecule has 0 aliphatic carbocycles. The number of halogens is 2. The van der Waals surface area contributed by atoms with Gasteiger partial charge in [0, 0.05) is 29.4 Å². The molecule has 0 bridgehead atoms. The highest BCUT2D eigenvalue weighted by Crippen LogP contribution is 2.25. The van der Waals surface area contributed by atoms with Crippen LogP contribution in [0, 0.1) is 0 Å². The van der Waals surface area contributed by atoms with E-state index < -0.39 is 5.91 Å². The normalized spacial score (nSPS) is 10.8. The molecule has 178 valence electrons. The monoisotopic (exact) mass is 524 g/mol. The average molecular weight is 525 g/mol. The first-order chi connectivity index (χ1) is 17.0. The van der Waals surface area contributed by atoms with Gasteiger partial charge in [-0.2, -0.15) is 0 Å². The Morgan fingerprint density at radius 1 is 0.914 bits per heavy atom. The third-order valence-corrected chi connectivity index (χ3v) is 6.71. The maximum atomic E-state index is 12.6. The number of anilines is 1. The van der Waals surface area contributed by atoms with Gasteiger partial charge >= 0.3 is 0 Å². The Morgan fingerprint density at radius 2 is 1.69 bits per heavy atom. The largest absolute Gasteiger partial charge is 0.351 e. The lowest BCUT2D eigenvalue weighted by Gasteiger charge is -2.09. The predicted molar refractivity (Wildman–Crippen MR) is 142 cm³/mol. The van der Waals surface area contributed by atoms with Gasteiger partial charge in [-0.15, -0.1) is 0 Å². The van der Waals surface area contributed by atoms with Crippen LogP contribution in [0.2, 0.25) is 10.0 Å². The van der Waals surface area contributed by atoms with Gasteiger partial charge in [0.05, 0.1) is 11.2 Å². The van der Waals surface area contributed by atoms with Gasteiger partial charge in [-0.1, -0.05) is 83.5 Å². The summed E-state index contributed by atoms with van der Waals surface area (Å²) in [6, 6.07) is 21.3. The molecule has 0 atom stereocenters. The molecule has 9 heteroatoms. The molecular weight excluding hydrogens is 503 g/mol. The summed E-state index contributed by atoms with van der Waals surface area (Å²) in [5, 5.41) is 9.09. The summed E-state index contributed by atoms with van der Waals surface area (Å²) in [6.07, 6.45) is 2.15. The van der Waals surface area contributed by atoms with E-state index in [1.54, 1.807) is 0 Å². The van der Waals surface area contributed by atoms with Crippen molar-refractivity contribution >= 4 is 63.2 Å². The Hall–Kier alpha value is -3.13. The second kappa shape index (κ2) is 12.0. The molecule has 0 spiro atoms. The first-order valence-corrected chi connectivity index (χ1v) is 12.7. The fourth-order valence-electron chi connectivity index (χ4n) is 3.36. The molecule has 2 amide bonds. The Balaban J connectivity index is 1.25. The molecule has 1 heterocycles. The highest BCUT2D eigenvalue weighted by molar-refractivity contribution is 7.98. The van der Waals surface area contributed by atoms with E-state index in [0.29, 0.717) is 28.9 Å². The molecule has 0 fully saturated rings. The smallest absolute Gasteiger partial charge is 0.271 e. The molecule has 4 aromatic rings. The van der Waals surface area contributed by atoms with Crippen LogP contribution >= 0.6 is 35.0 Å². The molecule has 6 nitrogen and oxygen atoms in total. The number of nitrogens with one attached hydrogen (secondary N) is 2. The summed E-state index contributed by atoms with van der Waals surface area (Å²) in [5.41, 5.74) is 1.79. The van der Waals surface area contributed by atoms with E-state index in [0.717, 1.165) is 22.0 Å². The number of carbonyl (C=O) groups is 2. The topological polar surface area (TPSA) is 84.0 Å². The Morgan fingerprint density at radius 3 is 2.51 bits per heavy atom. The third-order valence-electron chi connectivity index (χ3n) is 5.15. The zero-order chi connectivity index (χ0) is 24.6. The molecule has 3 aromatic carbocycles. The maximum absolute atomic E-state index is 12.6. The third kappa shape index (κ3) is 6.94. The van der Waals surface area contributed by atoms with E-state index in [1.165, 1.54) is 18.0 Å². The second-order valence-corrected chi connectivity index (χ2v) is 9.46. The van der Waals surface area contributed by atoms with Crippen molar-refractivity contribution in [2.75, 3.05) is 11.9 Å². The van der Waals surface area contributed by atoms with Gasteiger partial charge in [-0.05, 0) is 41.0 Å². The minimum absolute atomic E-state index is 0.101. The molecule has 2 N–H and O–H groups in total. The maximum Gasteiger partial charge on any atom is 0.271 e. The van der Waals surface area contributed by atoms with Crippen LogP contribution in [0.1, 0.15) is 28.9 Å². The summed E-state index contributed by atoms with van der Waals surface area (Å²) >= 11 is 13.7. The number of nitrogens with zero attached hydrogens (tertiary/aromatic N) is 2. The van der Waals surface area contributed by atoms with Crippen molar-refractivity contribution in [1.29, 1.82) is 0 Å². The van der Waals surface area contributed by atoms with Crippen molar-refractivity contribution in [3.05, 3.63) is 94.2 Å². The van der Waals surface area contributed by atoms with Crippen molar-refractivity contribution in [3.8, 4) is 0 Å². The standard InChI is InChI=1S/C26H22Cl2N4O2S/c27-21-9-4-3-8-19(21)16-35-26-30-15-22(28)24(32-26)25(34)29-13-5-10-23(33)31-20-12-11-17-6-1-2-7-18(17)14-20/h1-4,6-9,11-12,14-15H,5,10,13,16H2,(H,29,34)(H,31,33). The lowest BCUT2D eigenvalue weighted by molar-refractivity contribution is -0.116. The molecule has 0 saturated carbocycles. The lowest BCUT2D eigenvalue weighted by Crippen LogP contribution is -2.27. The Kier molecular flexibility index (Phi) is 8.58. The molecule has 0 unspecified atom stereocenters. The number of hydrogen-bond acceptors (Lipinski definition) is 5. The number of hydrogen-bond donors (Lipinski definition) is 2. The Bertz CT molecular complexity index is 1370. The predicted octanol–water partition coefficient (Wildman–Crippen LogP) is 6.38. The van der Waals surface area contributed by atoms with Crippen molar-refractivity contribution < 1.29 is 9.59 Å². The molecule has 0 aliphatic rings. The van der Waals surface area contributed by atoms with E-state index in [2.05, 4.69) is 20.6 Å². The van der Waals surface area contributed by atoms with Gasteiger partial charge in [0.1, 0.15) is 0 Å². The number of aromatic nitrogens is 2. The van der Waals surface area contributed by atoms with Crippen molar-refractivity contribution in [1.82, 2.24) is 15.3 Å². The zero-order valence-corrected chi connectivity index (χ0v) is 21.0. The Labute approximate surface area is 217 Å². The fourth-order valence-corrected chi connectivity index (χ4v) is 4.64. The van der Waals surface area contributed by atoms with Gasteiger partial charge in [0.2, 0.25) is 5.91 Å². The summed E-state index contributed by atoms with van der Waals surface area (Å²) in [6.45, 7) is 0.312. The number of rotatable bonds is 9. The molecule has 1 aromatic heterocycles. The quantitative estimate of drug-likeness (QED) is 0.151. The van der Waals surface area contributed by atoms with E-state index in [9.17, 15) is 9.59 Å². The molecule has 35 heavy (non-hydrogen) atoms. The van der Waals surface area contributed by atoms with Crippen LogP contribution < -0.4 is 10.6 Å². The molecule has 0 aliphatic heterocycles. The van der Waals surface area contributed by atoms with Gasteiger partial charge in [0.15, 0.2) is 10.9 Å². The summed E-state index contributed by atoms with van der Waals surface area (Å²) in [4.78, 5) is 33.4. The van der Waals surface area contributed by atoms with Crippen molar-refractivity contribution in [2.45, 2.75) is 23.8 Å². The molecule has 4 rings (SSSR count). The first kappa shape index (κ1) is 25.0. The highest BCUT2D eigenvalue weighted by atomic mass is 35.5. The van der Waals surface area contributed by atoms with Crippen LogP contribution in [0.4, 0.5) is 5.69 Å². The van der Waals surface area contributed by atoms with Gasteiger partial charge in [-0.3, -0.25) is 9.59 Å². The second-order valence-electron chi connectivity index (χ2n) is 7.70. The van der Waals surface area contributed by atoms with Crippen LogP contribution in [0.5, 0.6) is 0 Å².